The van der Waals surface area contributed by atoms with E-state index in [9.17, 15) is 0 Å². The Labute approximate surface area is 168 Å². The van der Waals surface area contributed by atoms with Crippen molar-refractivity contribution in [3.63, 3.8) is 0 Å². The first-order chi connectivity index (χ1) is 12.8. The molecule has 152 valence electrons. The molecule has 2 N–H and O–H groups in total. The molecular weight excluding hydrogens is 397 g/mol. The minimum atomic E-state index is -1.82. The summed E-state index contributed by atoms with van der Waals surface area (Å²) in [6.07, 6.45) is 3.93. The second-order valence-electron chi connectivity index (χ2n) is 6.00. The van der Waals surface area contributed by atoms with Crippen LogP contribution in [0.15, 0.2) is 18.2 Å². The van der Waals surface area contributed by atoms with Crippen molar-refractivity contribution in [1.29, 1.82) is 0 Å². The molecule has 0 aliphatic carbocycles. The van der Waals surface area contributed by atoms with Gasteiger partial charge >= 0.3 is 11.9 Å². The van der Waals surface area contributed by atoms with Gasteiger partial charge in [0.1, 0.15) is 18.5 Å². The van der Waals surface area contributed by atoms with Crippen molar-refractivity contribution in [2.24, 2.45) is 0 Å². The first-order valence-corrected chi connectivity index (χ1v) is 9.47. The highest BCUT2D eigenvalue weighted by atomic mass is 35.5. The van der Waals surface area contributed by atoms with Gasteiger partial charge in [-0.05, 0) is 25.1 Å². The monoisotopic (exact) mass is 421 g/mol. The van der Waals surface area contributed by atoms with E-state index < -0.39 is 11.9 Å². The Morgan fingerprint density at radius 3 is 2.52 bits per heavy atom. The van der Waals surface area contributed by atoms with E-state index in [-0.39, 0.29) is 6.10 Å². The molecule has 0 amide bonds. The van der Waals surface area contributed by atoms with Gasteiger partial charge in [-0.15, -0.1) is 0 Å². The van der Waals surface area contributed by atoms with Crippen LogP contribution in [0.5, 0.6) is 5.75 Å². The van der Waals surface area contributed by atoms with Gasteiger partial charge in [0, 0.05) is 19.2 Å². The Morgan fingerprint density at radius 1 is 1.22 bits per heavy atom. The lowest BCUT2D eigenvalue weighted by Gasteiger charge is -2.32. The molecule has 0 radical (unpaired) electrons. The number of rotatable bonds is 7. The Kier molecular flexibility index (Phi) is 11.1. The molecule has 7 nitrogen and oxygen atoms in total. The Balaban J connectivity index is 0.000000527. The fraction of sp³-hybridized carbons (Fsp3) is 0.556. The summed E-state index contributed by atoms with van der Waals surface area (Å²) >= 11 is 11.9. The molecule has 2 rings (SSSR count). The summed E-state index contributed by atoms with van der Waals surface area (Å²) < 4.78 is 11.5. The Hall–Kier alpha value is -1.54. The molecule has 0 spiro atoms. The zero-order chi connectivity index (χ0) is 20.2. The van der Waals surface area contributed by atoms with Crippen LogP contribution in [0.25, 0.3) is 0 Å². The third kappa shape index (κ3) is 9.81. The quantitative estimate of drug-likeness (QED) is 0.514. The van der Waals surface area contributed by atoms with Gasteiger partial charge in [-0.25, -0.2) is 9.59 Å². The second-order valence-corrected chi connectivity index (χ2v) is 6.81. The van der Waals surface area contributed by atoms with Crippen LogP contribution < -0.4 is 4.74 Å². The molecule has 0 aromatic heterocycles. The summed E-state index contributed by atoms with van der Waals surface area (Å²) in [5, 5.41) is 15.8. The van der Waals surface area contributed by atoms with Gasteiger partial charge < -0.3 is 19.7 Å². The zero-order valence-electron chi connectivity index (χ0n) is 15.2. The number of nitrogens with zero attached hydrogens (tertiary/aromatic N) is 1. The van der Waals surface area contributed by atoms with E-state index in [1.165, 1.54) is 19.3 Å². The molecule has 1 atom stereocenters. The highest BCUT2D eigenvalue weighted by Gasteiger charge is 2.20. The van der Waals surface area contributed by atoms with Crippen molar-refractivity contribution >= 4 is 35.1 Å². The first-order valence-electron chi connectivity index (χ1n) is 8.71. The molecule has 1 aliphatic rings. The summed E-state index contributed by atoms with van der Waals surface area (Å²) in [7, 11) is 0. The van der Waals surface area contributed by atoms with Crippen LogP contribution in [0.4, 0.5) is 0 Å². The van der Waals surface area contributed by atoms with Crippen LogP contribution >= 0.6 is 23.2 Å². The Morgan fingerprint density at radius 2 is 1.93 bits per heavy atom. The van der Waals surface area contributed by atoms with Crippen molar-refractivity contribution in [3.8, 4) is 5.75 Å². The summed E-state index contributed by atoms with van der Waals surface area (Å²) in [5.41, 5.74) is 0. The van der Waals surface area contributed by atoms with Crippen molar-refractivity contribution in [2.45, 2.75) is 32.3 Å². The highest BCUT2D eigenvalue weighted by molar-refractivity contribution is 6.42. The first kappa shape index (κ1) is 23.5. The maximum atomic E-state index is 9.10. The Bertz CT molecular complexity index is 602. The predicted molar refractivity (Wildman–Crippen MR) is 103 cm³/mol. The lowest BCUT2D eigenvalue weighted by atomic mass is 10.2. The molecule has 0 bridgehead atoms. The molecule has 1 aromatic rings. The third-order valence-corrected chi connectivity index (χ3v) is 4.55. The molecule has 0 saturated carbocycles. The van der Waals surface area contributed by atoms with Crippen molar-refractivity contribution in [2.75, 3.05) is 32.8 Å². The highest BCUT2D eigenvalue weighted by Crippen LogP contribution is 2.26. The van der Waals surface area contributed by atoms with Gasteiger partial charge in [0.2, 0.25) is 0 Å². The van der Waals surface area contributed by atoms with Crippen LogP contribution in [0, 0.1) is 0 Å². The summed E-state index contributed by atoms with van der Waals surface area (Å²) in [4.78, 5) is 20.7. The predicted octanol–water partition coefficient (Wildman–Crippen LogP) is 3.42. The van der Waals surface area contributed by atoms with Gasteiger partial charge in [-0.2, -0.15) is 0 Å². The maximum Gasteiger partial charge on any atom is 0.414 e. The summed E-state index contributed by atoms with van der Waals surface area (Å²) in [5.74, 6) is -2.92. The smallest absolute Gasteiger partial charge is 0.414 e. The largest absolute Gasteiger partial charge is 0.491 e. The lowest BCUT2D eigenvalue weighted by molar-refractivity contribution is -0.159. The minimum absolute atomic E-state index is 0.120. The number of carboxylic acids is 2. The van der Waals surface area contributed by atoms with Gasteiger partial charge in [0.05, 0.1) is 16.7 Å². The number of benzene rings is 1. The van der Waals surface area contributed by atoms with Crippen LogP contribution in [-0.4, -0.2) is 66.0 Å². The van der Waals surface area contributed by atoms with Gasteiger partial charge in [-0.1, -0.05) is 43.0 Å². The molecule has 1 unspecified atom stereocenters. The third-order valence-electron chi connectivity index (χ3n) is 3.81. The zero-order valence-corrected chi connectivity index (χ0v) is 16.7. The number of ether oxygens (including phenoxy) is 2. The fourth-order valence-corrected chi connectivity index (χ4v) is 2.71. The number of aliphatic carboxylic acids is 2. The minimum Gasteiger partial charge on any atom is -0.491 e. The van der Waals surface area contributed by atoms with Crippen LogP contribution in [0.3, 0.4) is 0 Å². The molecular formula is C18H25Cl2NO6. The van der Waals surface area contributed by atoms with Gasteiger partial charge in [0.15, 0.2) is 0 Å². The number of hydrogen-bond donors (Lipinski definition) is 2. The van der Waals surface area contributed by atoms with Crippen LogP contribution in [0.1, 0.15) is 26.2 Å². The molecule has 1 fully saturated rings. The van der Waals surface area contributed by atoms with E-state index >= 15 is 0 Å². The van der Waals surface area contributed by atoms with Crippen molar-refractivity contribution < 1.29 is 29.3 Å². The summed E-state index contributed by atoms with van der Waals surface area (Å²) in [6, 6.07) is 5.32. The molecule has 1 aromatic carbocycles. The number of morpholine rings is 1. The normalized spacial score (nSPS) is 16.9. The van der Waals surface area contributed by atoms with E-state index in [0.717, 1.165) is 32.0 Å². The SMILES string of the molecule is CCCCCN1CCOC(COc2ccc(Cl)c(Cl)c2)C1.O=C(O)C(=O)O. The van der Waals surface area contributed by atoms with Gasteiger partial charge in [-0.3, -0.25) is 4.90 Å². The van der Waals surface area contributed by atoms with Crippen LogP contribution in [0.2, 0.25) is 10.0 Å². The fourth-order valence-electron chi connectivity index (χ4n) is 2.43. The van der Waals surface area contributed by atoms with E-state index in [1.807, 2.05) is 6.07 Å². The number of halogens is 2. The average Bonchev–Trinajstić information content (AvgIpc) is 2.64. The lowest BCUT2D eigenvalue weighted by Crippen LogP contribution is -2.45. The number of hydrogen-bond acceptors (Lipinski definition) is 5. The number of carbonyl (C=O) groups is 2. The van der Waals surface area contributed by atoms with Gasteiger partial charge in [0.25, 0.3) is 0 Å². The second kappa shape index (κ2) is 12.8. The molecule has 1 saturated heterocycles. The molecule has 9 heteroatoms. The van der Waals surface area contributed by atoms with Crippen molar-refractivity contribution in [1.82, 2.24) is 4.90 Å². The number of carboxylic acid groups (broad SMARTS) is 2. The summed E-state index contributed by atoms with van der Waals surface area (Å²) in [6.45, 7) is 6.66. The van der Waals surface area contributed by atoms with E-state index in [1.54, 1.807) is 12.1 Å². The molecule has 27 heavy (non-hydrogen) atoms. The standard InChI is InChI=1S/C16H23Cl2NO2.C2H2O4/c1-2-3-4-7-19-8-9-20-14(11-19)12-21-13-5-6-15(17)16(18)10-13;3-1(4)2(5)6/h5-6,10,14H,2-4,7-9,11-12H2,1H3;(H,3,4)(H,5,6). The van der Waals surface area contributed by atoms with E-state index in [4.69, 9.17) is 52.5 Å². The van der Waals surface area contributed by atoms with E-state index in [2.05, 4.69) is 11.8 Å². The molecule has 1 heterocycles. The maximum absolute atomic E-state index is 9.10. The average molecular weight is 422 g/mol. The number of unbranched alkanes of at least 4 members (excludes halogenated alkanes) is 2. The van der Waals surface area contributed by atoms with E-state index in [0.29, 0.717) is 16.7 Å². The van der Waals surface area contributed by atoms with Crippen molar-refractivity contribution in [3.05, 3.63) is 28.2 Å². The molecule has 1 aliphatic heterocycles. The van der Waals surface area contributed by atoms with Crippen LogP contribution in [-0.2, 0) is 14.3 Å². The topological polar surface area (TPSA) is 96.3 Å².